The first-order valence-corrected chi connectivity index (χ1v) is 11.3. The summed E-state index contributed by atoms with van der Waals surface area (Å²) in [5.74, 6) is 0.318. The predicted molar refractivity (Wildman–Crippen MR) is 125 cm³/mol. The number of benzene rings is 2. The number of para-hydroxylation sites is 1. The first-order chi connectivity index (χ1) is 15.5. The molecule has 3 aromatic heterocycles. The van der Waals surface area contributed by atoms with Crippen LogP contribution >= 0.6 is 34.3 Å². The van der Waals surface area contributed by atoms with E-state index in [0.717, 1.165) is 26.6 Å². The van der Waals surface area contributed by atoms with Crippen LogP contribution in [0.25, 0.3) is 32.1 Å². The Labute approximate surface area is 194 Å². The van der Waals surface area contributed by atoms with Gasteiger partial charge in [-0.15, -0.1) is 21.5 Å². The quantitative estimate of drug-likeness (QED) is 0.308. The largest absolute Gasteiger partial charge is 0.454 e. The van der Waals surface area contributed by atoms with Crippen molar-refractivity contribution in [1.29, 1.82) is 0 Å². The van der Waals surface area contributed by atoms with E-state index in [1.54, 1.807) is 23.5 Å². The fraction of sp³-hybridized carbons (Fsp3) is 0. The topological polar surface area (TPSA) is 80.9 Å². The molecule has 5 rings (SSSR count). The maximum atomic E-state index is 13.0. The van der Waals surface area contributed by atoms with E-state index in [1.807, 2.05) is 30.3 Å². The molecule has 0 atom stereocenters. The number of amides is 1. The van der Waals surface area contributed by atoms with Crippen molar-refractivity contribution in [1.82, 2.24) is 15.2 Å². The molecule has 0 bridgehead atoms. The van der Waals surface area contributed by atoms with Crippen LogP contribution in [0.5, 0.6) is 0 Å². The van der Waals surface area contributed by atoms with Gasteiger partial charge in [0, 0.05) is 11.8 Å². The summed E-state index contributed by atoms with van der Waals surface area (Å²) in [5.41, 5.74) is 1.37. The summed E-state index contributed by atoms with van der Waals surface area (Å²) in [7, 11) is 0. The summed E-state index contributed by atoms with van der Waals surface area (Å²) in [6.45, 7) is 0. The van der Waals surface area contributed by atoms with Gasteiger partial charge in [0.2, 0.25) is 5.01 Å². The van der Waals surface area contributed by atoms with Gasteiger partial charge in [-0.1, -0.05) is 35.1 Å². The van der Waals surface area contributed by atoms with E-state index in [0.29, 0.717) is 22.2 Å². The molecule has 0 radical (unpaired) electrons. The second kappa shape index (κ2) is 8.62. The van der Waals surface area contributed by atoms with Crippen molar-refractivity contribution in [3.63, 3.8) is 0 Å². The fourth-order valence-electron chi connectivity index (χ4n) is 2.84. The Morgan fingerprint density at radius 2 is 1.78 bits per heavy atom. The summed E-state index contributed by atoms with van der Waals surface area (Å²) in [5, 5.41) is 12.1. The third kappa shape index (κ3) is 4.31. The molecular weight excluding hydrogens is 471 g/mol. The van der Waals surface area contributed by atoms with Crippen LogP contribution in [-0.4, -0.2) is 21.1 Å². The Bertz CT molecular complexity index is 1420. The molecule has 3 heterocycles. The molecule has 1 N–H and O–H groups in total. The number of nitrogens with zero attached hydrogens (tertiary/aromatic N) is 3. The molecule has 5 aromatic rings. The molecule has 2 aromatic carbocycles. The van der Waals surface area contributed by atoms with Gasteiger partial charge < -0.3 is 9.73 Å². The summed E-state index contributed by atoms with van der Waals surface area (Å²) in [6.07, 6.45) is 1.61. The van der Waals surface area contributed by atoms with Crippen LogP contribution in [0.1, 0.15) is 20.6 Å². The first kappa shape index (κ1) is 20.5. The van der Waals surface area contributed by atoms with Gasteiger partial charge in [0.05, 0.1) is 15.2 Å². The molecule has 0 spiro atoms. The minimum atomic E-state index is -0.457. The number of carbonyl (C=O) groups excluding carboxylic acids is 1. The van der Waals surface area contributed by atoms with Gasteiger partial charge in [-0.25, -0.2) is 9.37 Å². The van der Waals surface area contributed by atoms with Gasteiger partial charge in [-0.05, 0) is 48.5 Å². The molecule has 32 heavy (non-hydrogen) atoms. The number of aromatic nitrogens is 3. The summed E-state index contributed by atoms with van der Waals surface area (Å²) < 4.78 is 19.9. The minimum Gasteiger partial charge on any atom is -0.454 e. The summed E-state index contributed by atoms with van der Waals surface area (Å²) >= 11 is 8.96. The van der Waals surface area contributed by atoms with Crippen molar-refractivity contribution in [2.45, 2.75) is 0 Å². The number of furan rings is 1. The zero-order chi connectivity index (χ0) is 22.1. The number of halogens is 2. The average Bonchev–Trinajstić information content (AvgIpc) is 3.54. The molecule has 0 fully saturated rings. The molecule has 158 valence electrons. The van der Waals surface area contributed by atoms with E-state index < -0.39 is 5.91 Å². The van der Waals surface area contributed by atoms with E-state index >= 15 is 0 Å². The second-order valence-corrected chi connectivity index (χ2v) is 8.97. The molecule has 10 heteroatoms. The Kier molecular flexibility index (Phi) is 5.52. The van der Waals surface area contributed by atoms with Crippen LogP contribution in [-0.2, 0) is 0 Å². The smallest absolute Gasteiger partial charge is 0.286 e. The van der Waals surface area contributed by atoms with Crippen molar-refractivity contribution in [2.75, 3.05) is 5.32 Å². The standard InChI is InChI=1S/C22H12ClFN4O2S2/c23-15(20-27-28-22(32-20)19(29)25-13-7-5-12(24)6-8-13)11-14-9-10-17(30-14)21-26-16-3-1-2-4-18(16)31-21/h1-11H,(H,25,29)/b15-11-. The number of nitrogens with one attached hydrogen (secondary N) is 1. The third-order valence-electron chi connectivity index (χ3n) is 4.33. The van der Waals surface area contributed by atoms with E-state index in [1.165, 1.54) is 24.3 Å². The van der Waals surface area contributed by atoms with Gasteiger partial charge >= 0.3 is 0 Å². The number of hydrogen-bond donors (Lipinski definition) is 1. The lowest BCUT2D eigenvalue weighted by Crippen LogP contribution is -2.11. The predicted octanol–water partition coefficient (Wildman–Crippen LogP) is 6.54. The molecule has 0 aliphatic rings. The minimum absolute atomic E-state index is 0.130. The Balaban J connectivity index is 1.32. The normalized spacial score (nSPS) is 11.8. The zero-order valence-electron chi connectivity index (χ0n) is 16.1. The number of fused-ring (bicyclic) bond motifs is 1. The Hall–Kier alpha value is -3.40. The van der Waals surface area contributed by atoms with E-state index in [9.17, 15) is 9.18 Å². The Morgan fingerprint density at radius 3 is 2.59 bits per heavy atom. The molecule has 0 unspecified atom stereocenters. The molecular formula is C22H12ClFN4O2S2. The van der Waals surface area contributed by atoms with Crippen LogP contribution < -0.4 is 5.32 Å². The third-order valence-corrected chi connectivity index (χ3v) is 6.73. The highest BCUT2D eigenvalue weighted by Crippen LogP contribution is 2.33. The van der Waals surface area contributed by atoms with Gasteiger partial charge in [0.15, 0.2) is 15.8 Å². The molecule has 6 nitrogen and oxygen atoms in total. The van der Waals surface area contributed by atoms with E-state index in [4.69, 9.17) is 16.0 Å². The van der Waals surface area contributed by atoms with Crippen molar-refractivity contribution >= 4 is 67.2 Å². The van der Waals surface area contributed by atoms with E-state index in [2.05, 4.69) is 20.5 Å². The van der Waals surface area contributed by atoms with E-state index in [-0.39, 0.29) is 15.9 Å². The first-order valence-electron chi connectivity index (χ1n) is 9.29. The maximum Gasteiger partial charge on any atom is 0.286 e. The van der Waals surface area contributed by atoms with Crippen LogP contribution in [0.4, 0.5) is 10.1 Å². The van der Waals surface area contributed by atoms with Gasteiger partial charge in [0.25, 0.3) is 5.91 Å². The van der Waals surface area contributed by atoms with Gasteiger partial charge in [-0.2, -0.15) is 0 Å². The average molecular weight is 483 g/mol. The number of anilines is 1. The summed E-state index contributed by atoms with van der Waals surface area (Å²) in [6, 6.07) is 16.9. The van der Waals surface area contributed by atoms with Crippen LogP contribution in [0.2, 0.25) is 0 Å². The summed E-state index contributed by atoms with van der Waals surface area (Å²) in [4.78, 5) is 16.9. The van der Waals surface area contributed by atoms with Crippen molar-refractivity contribution in [3.05, 3.63) is 82.3 Å². The SMILES string of the molecule is O=C(Nc1ccc(F)cc1)c1nnc(/C(Cl)=C/c2ccc(-c3nc4ccccc4s3)o2)s1. The van der Waals surface area contributed by atoms with Crippen LogP contribution in [0.3, 0.4) is 0 Å². The lowest BCUT2D eigenvalue weighted by Gasteiger charge is -2.01. The van der Waals surface area contributed by atoms with Gasteiger partial charge in [-0.3, -0.25) is 4.79 Å². The highest BCUT2D eigenvalue weighted by atomic mass is 35.5. The van der Waals surface area contributed by atoms with Crippen LogP contribution in [0.15, 0.2) is 65.1 Å². The number of rotatable bonds is 5. The molecule has 0 aliphatic carbocycles. The van der Waals surface area contributed by atoms with Crippen molar-refractivity contribution in [3.8, 4) is 10.8 Å². The molecule has 0 saturated carbocycles. The van der Waals surface area contributed by atoms with Gasteiger partial charge in [0.1, 0.15) is 11.6 Å². The molecule has 1 amide bonds. The highest BCUT2D eigenvalue weighted by molar-refractivity contribution is 7.21. The lowest BCUT2D eigenvalue weighted by atomic mass is 10.3. The van der Waals surface area contributed by atoms with Crippen molar-refractivity contribution in [2.24, 2.45) is 0 Å². The molecule has 0 aliphatic heterocycles. The Morgan fingerprint density at radius 1 is 1.00 bits per heavy atom. The molecule has 0 saturated heterocycles. The lowest BCUT2D eigenvalue weighted by molar-refractivity contribution is 0.102. The maximum absolute atomic E-state index is 13.0. The second-order valence-electron chi connectivity index (χ2n) is 6.55. The zero-order valence-corrected chi connectivity index (χ0v) is 18.5. The van der Waals surface area contributed by atoms with Crippen molar-refractivity contribution < 1.29 is 13.6 Å². The number of hydrogen-bond acceptors (Lipinski definition) is 7. The fourth-order valence-corrected chi connectivity index (χ4v) is 4.67. The number of thiazole rings is 1. The monoisotopic (exact) mass is 482 g/mol. The van der Waals surface area contributed by atoms with Crippen LogP contribution in [0, 0.1) is 5.82 Å². The highest BCUT2D eigenvalue weighted by Gasteiger charge is 2.16. The number of carbonyl (C=O) groups is 1.